The van der Waals surface area contributed by atoms with Gasteiger partial charge in [0.05, 0.1) is 5.41 Å². The van der Waals surface area contributed by atoms with Crippen molar-refractivity contribution in [2.24, 2.45) is 0 Å². The lowest BCUT2D eigenvalue weighted by Gasteiger charge is -2.40. The standard InChI is InChI=1S/C24H29N3O2.ClH/c1-18-8-4-7-11-21(18)26-15-12-25(13-16-26)14-17-27-22(28)19-9-5-6-10-20(19)24(2,3)23(27)29;/h4-11H,12-17H2,1-3H3;1H. The summed E-state index contributed by atoms with van der Waals surface area (Å²) in [4.78, 5) is 32.2. The molecule has 0 radical (unpaired) electrons. The molecule has 0 aliphatic carbocycles. The van der Waals surface area contributed by atoms with Gasteiger partial charge in [-0.05, 0) is 44.0 Å². The molecule has 1 fully saturated rings. The predicted molar refractivity (Wildman–Crippen MR) is 123 cm³/mol. The van der Waals surface area contributed by atoms with E-state index in [-0.39, 0.29) is 24.2 Å². The maximum Gasteiger partial charge on any atom is 0.260 e. The SMILES string of the molecule is Cc1ccccc1N1CCN(CCN2C(=O)c3ccccc3C(C)(C)C2=O)CC1.Cl. The first-order valence-electron chi connectivity index (χ1n) is 10.4. The van der Waals surface area contributed by atoms with Crippen molar-refractivity contribution >= 4 is 29.9 Å². The molecule has 0 bridgehead atoms. The Hall–Kier alpha value is -2.37. The number of aryl methyl sites for hydroxylation is 1. The molecule has 0 aromatic heterocycles. The first-order valence-corrected chi connectivity index (χ1v) is 10.4. The summed E-state index contributed by atoms with van der Waals surface area (Å²) in [7, 11) is 0. The van der Waals surface area contributed by atoms with Crippen LogP contribution in [0.3, 0.4) is 0 Å². The number of imide groups is 1. The van der Waals surface area contributed by atoms with Gasteiger partial charge in [0.1, 0.15) is 0 Å². The van der Waals surface area contributed by atoms with Crippen LogP contribution < -0.4 is 4.90 Å². The summed E-state index contributed by atoms with van der Waals surface area (Å²) >= 11 is 0. The molecule has 160 valence electrons. The van der Waals surface area contributed by atoms with Crippen molar-refractivity contribution in [1.82, 2.24) is 9.80 Å². The van der Waals surface area contributed by atoms with E-state index in [0.717, 1.165) is 38.3 Å². The van der Waals surface area contributed by atoms with E-state index in [2.05, 4.69) is 41.0 Å². The fourth-order valence-corrected chi connectivity index (χ4v) is 4.48. The minimum atomic E-state index is -0.673. The van der Waals surface area contributed by atoms with Crippen LogP contribution in [0.25, 0.3) is 0 Å². The molecular weight excluding hydrogens is 398 g/mol. The van der Waals surface area contributed by atoms with Gasteiger partial charge in [0.25, 0.3) is 5.91 Å². The van der Waals surface area contributed by atoms with Gasteiger partial charge < -0.3 is 4.90 Å². The average molecular weight is 428 g/mol. The molecule has 0 saturated carbocycles. The topological polar surface area (TPSA) is 43.9 Å². The van der Waals surface area contributed by atoms with E-state index in [1.807, 2.05) is 38.1 Å². The van der Waals surface area contributed by atoms with Gasteiger partial charge in [-0.2, -0.15) is 0 Å². The van der Waals surface area contributed by atoms with E-state index in [0.29, 0.717) is 12.1 Å². The Labute approximate surface area is 185 Å². The van der Waals surface area contributed by atoms with E-state index in [1.165, 1.54) is 16.2 Å². The third-order valence-electron chi connectivity index (χ3n) is 6.32. The minimum Gasteiger partial charge on any atom is -0.369 e. The lowest BCUT2D eigenvalue weighted by molar-refractivity contribution is -0.134. The Balaban J connectivity index is 0.00000256. The number of carbonyl (C=O) groups excluding carboxylic acids is 2. The summed E-state index contributed by atoms with van der Waals surface area (Å²) in [6.45, 7) is 10.9. The summed E-state index contributed by atoms with van der Waals surface area (Å²) < 4.78 is 0. The number of fused-ring (bicyclic) bond motifs is 1. The predicted octanol–water partition coefficient (Wildman–Crippen LogP) is 3.50. The fraction of sp³-hybridized carbons (Fsp3) is 0.417. The molecule has 2 aromatic carbocycles. The number of anilines is 1. The van der Waals surface area contributed by atoms with Crippen LogP contribution >= 0.6 is 12.4 Å². The molecule has 2 aromatic rings. The molecule has 2 heterocycles. The van der Waals surface area contributed by atoms with Gasteiger partial charge in [-0.15, -0.1) is 12.4 Å². The Bertz CT molecular complexity index is 936. The van der Waals surface area contributed by atoms with Gasteiger partial charge in [-0.3, -0.25) is 19.4 Å². The zero-order valence-electron chi connectivity index (χ0n) is 17.9. The van der Waals surface area contributed by atoms with Gasteiger partial charge in [0, 0.05) is 50.5 Å². The monoisotopic (exact) mass is 427 g/mol. The van der Waals surface area contributed by atoms with Crippen LogP contribution in [-0.2, 0) is 10.2 Å². The number of benzene rings is 2. The van der Waals surface area contributed by atoms with Crippen LogP contribution in [0.4, 0.5) is 5.69 Å². The molecule has 5 nitrogen and oxygen atoms in total. The maximum atomic E-state index is 13.0. The molecule has 30 heavy (non-hydrogen) atoms. The van der Waals surface area contributed by atoms with E-state index in [1.54, 1.807) is 0 Å². The first kappa shape index (κ1) is 22.3. The van der Waals surface area contributed by atoms with Crippen molar-refractivity contribution in [2.45, 2.75) is 26.2 Å². The summed E-state index contributed by atoms with van der Waals surface area (Å²) in [5.74, 6) is -0.261. The Morgan fingerprint density at radius 3 is 2.20 bits per heavy atom. The molecule has 2 aliphatic heterocycles. The number of halogens is 1. The third kappa shape index (κ3) is 3.96. The highest BCUT2D eigenvalue weighted by molar-refractivity contribution is 6.12. The van der Waals surface area contributed by atoms with Crippen molar-refractivity contribution in [3.8, 4) is 0 Å². The van der Waals surface area contributed by atoms with Crippen molar-refractivity contribution in [3.63, 3.8) is 0 Å². The molecular formula is C24H30ClN3O2. The fourth-order valence-electron chi connectivity index (χ4n) is 4.48. The smallest absolute Gasteiger partial charge is 0.260 e. The normalized spacial score (nSPS) is 18.8. The number of piperazine rings is 1. The molecule has 0 spiro atoms. The molecule has 0 N–H and O–H groups in total. The van der Waals surface area contributed by atoms with E-state index in [4.69, 9.17) is 0 Å². The van der Waals surface area contributed by atoms with E-state index in [9.17, 15) is 9.59 Å². The maximum absolute atomic E-state index is 13.0. The first-order chi connectivity index (χ1) is 13.9. The quantitative estimate of drug-likeness (QED) is 0.700. The van der Waals surface area contributed by atoms with Crippen LogP contribution in [0, 0.1) is 6.92 Å². The van der Waals surface area contributed by atoms with Crippen molar-refractivity contribution in [2.75, 3.05) is 44.2 Å². The zero-order valence-corrected chi connectivity index (χ0v) is 18.7. The van der Waals surface area contributed by atoms with Crippen LogP contribution in [0.5, 0.6) is 0 Å². The van der Waals surface area contributed by atoms with Crippen molar-refractivity contribution in [3.05, 3.63) is 65.2 Å². The van der Waals surface area contributed by atoms with Crippen LogP contribution in [0.2, 0.25) is 0 Å². The Morgan fingerprint density at radius 1 is 0.867 bits per heavy atom. The number of hydrogen-bond donors (Lipinski definition) is 0. The van der Waals surface area contributed by atoms with Gasteiger partial charge in [0.2, 0.25) is 5.91 Å². The zero-order chi connectivity index (χ0) is 20.6. The van der Waals surface area contributed by atoms with Crippen LogP contribution in [-0.4, -0.2) is 60.9 Å². The number of amides is 2. The van der Waals surface area contributed by atoms with E-state index < -0.39 is 5.41 Å². The summed E-state index contributed by atoms with van der Waals surface area (Å²) in [6, 6.07) is 16.0. The van der Waals surface area contributed by atoms with E-state index >= 15 is 0 Å². The highest BCUT2D eigenvalue weighted by atomic mass is 35.5. The second-order valence-electron chi connectivity index (χ2n) is 8.55. The molecule has 2 aliphatic rings. The summed E-state index contributed by atoms with van der Waals surface area (Å²) in [5.41, 5.74) is 3.41. The lowest BCUT2D eigenvalue weighted by Crippen LogP contribution is -2.55. The number of rotatable bonds is 4. The highest BCUT2D eigenvalue weighted by Crippen LogP contribution is 2.34. The molecule has 6 heteroatoms. The Kier molecular flexibility index (Phi) is 6.53. The molecule has 2 amide bonds. The molecule has 0 unspecified atom stereocenters. The van der Waals surface area contributed by atoms with Crippen LogP contribution in [0.15, 0.2) is 48.5 Å². The van der Waals surface area contributed by atoms with Gasteiger partial charge in [-0.1, -0.05) is 36.4 Å². The molecule has 0 atom stereocenters. The number of hydrogen-bond acceptors (Lipinski definition) is 4. The minimum absolute atomic E-state index is 0. The number of para-hydroxylation sites is 1. The summed E-state index contributed by atoms with van der Waals surface area (Å²) in [5, 5.41) is 0. The molecule has 1 saturated heterocycles. The number of carbonyl (C=O) groups is 2. The lowest BCUT2D eigenvalue weighted by atomic mass is 9.77. The van der Waals surface area contributed by atoms with Crippen LogP contribution in [0.1, 0.15) is 35.3 Å². The number of nitrogens with zero attached hydrogens (tertiary/aromatic N) is 3. The highest BCUT2D eigenvalue weighted by Gasteiger charge is 2.44. The van der Waals surface area contributed by atoms with Gasteiger partial charge in [-0.25, -0.2) is 0 Å². The van der Waals surface area contributed by atoms with Gasteiger partial charge >= 0.3 is 0 Å². The second-order valence-corrected chi connectivity index (χ2v) is 8.55. The van der Waals surface area contributed by atoms with Crippen molar-refractivity contribution in [1.29, 1.82) is 0 Å². The average Bonchev–Trinajstić information content (AvgIpc) is 2.73. The van der Waals surface area contributed by atoms with Crippen molar-refractivity contribution < 1.29 is 9.59 Å². The second kappa shape index (κ2) is 8.78. The summed E-state index contributed by atoms with van der Waals surface area (Å²) in [6.07, 6.45) is 0. The largest absolute Gasteiger partial charge is 0.369 e. The third-order valence-corrected chi connectivity index (χ3v) is 6.32. The Morgan fingerprint density at radius 2 is 1.50 bits per heavy atom. The molecule has 4 rings (SSSR count). The van der Waals surface area contributed by atoms with Gasteiger partial charge in [0.15, 0.2) is 0 Å².